The van der Waals surface area contributed by atoms with Crippen LogP contribution in [0.5, 0.6) is 5.75 Å². The fourth-order valence-electron chi connectivity index (χ4n) is 1.93. The van der Waals surface area contributed by atoms with Crippen LogP contribution in [0.15, 0.2) is 54.6 Å². The molecule has 0 bridgehead atoms. The maximum atomic E-state index is 11.8. The molecule has 0 saturated carbocycles. The first-order valence-corrected chi connectivity index (χ1v) is 7.12. The van der Waals surface area contributed by atoms with Crippen molar-refractivity contribution in [1.82, 2.24) is 0 Å². The average molecular weight is 312 g/mol. The SMILES string of the molecule is COc1ccc(COC(=O)Nc2cccc(/C=C/C[O])c2)cc1. The van der Waals surface area contributed by atoms with Gasteiger partial charge in [0.05, 0.1) is 7.11 Å². The van der Waals surface area contributed by atoms with Crippen molar-refractivity contribution in [3.05, 3.63) is 65.7 Å². The Morgan fingerprint density at radius 1 is 1.17 bits per heavy atom. The molecule has 0 heterocycles. The summed E-state index contributed by atoms with van der Waals surface area (Å²) in [4.78, 5) is 11.8. The van der Waals surface area contributed by atoms with Crippen molar-refractivity contribution in [2.24, 2.45) is 0 Å². The van der Waals surface area contributed by atoms with Gasteiger partial charge in [0.1, 0.15) is 19.0 Å². The molecule has 0 aliphatic heterocycles. The predicted molar refractivity (Wildman–Crippen MR) is 87.8 cm³/mol. The van der Waals surface area contributed by atoms with Gasteiger partial charge in [-0.3, -0.25) is 5.32 Å². The van der Waals surface area contributed by atoms with Crippen LogP contribution >= 0.6 is 0 Å². The second-order valence-corrected chi connectivity index (χ2v) is 4.74. The number of carbonyl (C=O) groups is 1. The normalized spacial score (nSPS) is 10.5. The van der Waals surface area contributed by atoms with E-state index in [0.29, 0.717) is 5.69 Å². The van der Waals surface area contributed by atoms with Crippen LogP contribution in [0, 0.1) is 0 Å². The van der Waals surface area contributed by atoms with E-state index in [0.717, 1.165) is 16.9 Å². The molecule has 0 aliphatic rings. The molecule has 0 atom stereocenters. The highest BCUT2D eigenvalue weighted by molar-refractivity contribution is 5.85. The minimum Gasteiger partial charge on any atom is -0.497 e. The number of hydrogen-bond donors (Lipinski definition) is 1. The molecule has 0 saturated heterocycles. The first kappa shape index (κ1) is 16.6. The predicted octanol–water partition coefficient (Wildman–Crippen LogP) is 3.89. The Morgan fingerprint density at radius 2 is 1.96 bits per heavy atom. The Balaban J connectivity index is 1.87. The minimum atomic E-state index is -0.536. The summed E-state index contributed by atoms with van der Waals surface area (Å²) in [7, 11) is 1.60. The molecule has 2 aromatic rings. The van der Waals surface area contributed by atoms with Gasteiger partial charge in [-0.05, 0) is 35.4 Å². The third kappa shape index (κ3) is 5.48. The fraction of sp³-hybridized carbons (Fsp3) is 0.167. The summed E-state index contributed by atoms with van der Waals surface area (Å²) >= 11 is 0. The standard InChI is InChI=1S/C18H18NO4/c1-22-17-9-7-15(8-10-17)13-23-18(21)19-16-6-2-4-14(12-16)5-3-11-20/h2-10,12H,11,13H2,1H3,(H,19,21)/b5-3+. The van der Waals surface area contributed by atoms with Crippen molar-refractivity contribution in [2.75, 3.05) is 19.0 Å². The van der Waals surface area contributed by atoms with Crippen molar-refractivity contribution in [1.29, 1.82) is 0 Å². The van der Waals surface area contributed by atoms with Crippen LogP contribution in [0.4, 0.5) is 10.5 Å². The largest absolute Gasteiger partial charge is 0.497 e. The zero-order valence-electron chi connectivity index (χ0n) is 12.8. The summed E-state index contributed by atoms with van der Waals surface area (Å²) in [5, 5.41) is 13.1. The number of rotatable bonds is 6. The molecule has 0 fully saturated rings. The van der Waals surface area contributed by atoms with Gasteiger partial charge in [0.2, 0.25) is 0 Å². The Morgan fingerprint density at radius 3 is 2.65 bits per heavy atom. The van der Waals surface area contributed by atoms with E-state index < -0.39 is 6.09 Å². The van der Waals surface area contributed by atoms with E-state index in [4.69, 9.17) is 9.47 Å². The van der Waals surface area contributed by atoms with Crippen LogP contribution in [-0.2, 0) is 16.5 Å². The van der Waals surface area contributed by atoms with E-state index in [-0.39, 0.29) is 13.2 Å². The van der Waals surface area contributed by atoms with E-state index in [1.165, 1.54) is 6.08 Å². The van der Waals surface area contributed by atoms with Gasteiger partial charge in [-0.2, -0.15) is 0 Å². The number of hydrogen-bond acceptors (Lipinski definition) is 3. The van der Waals surface area contributed by atoms with E-state index in [2.05, 4.69) is 5.32 Å². The average Bonchev–Trinajstić information content (AvgIpc) is 2.59. The Bertz CT molecular complexity index is 665. The molecular weight excluding hydrogens is 294 g/mol. The van der Waals surface area contributed by atoms with Gasteiger partial charge < -0.3 is 9.47 Å². The van der Waals surface area contributed by atoms with Crippen molar-refractivity contribution < 1.29 is 19.4 Å². The Hall–Kier alpha value is -2.79. The van der Waals surface area contributed by atoms with Crippen LogP contribution in [0.3, 0.4) is 0 Å². The number of methoxy groups -OCH3 is 1. The molecule has 119 valence electrons. The van der Waals surface area contributed by atoms with Crippen molar-refractivity contribution >= 4 is 17.9 Å². The van der Waals surface area contributed by atoms with E-state index in [1.807, 2.05) is 30.3 Å². The third-order valence-electron chi connectivity index (χ3n) is 3.07. The first-order valence-electron chi connectivity index (χ1n) is 7.12. The van der Waals surface area contributed by atoms with Gasteiger partial charge in [-0.15, -0.1) is 0 Å². The van der Waals surface area contributed by atoms with E-state index in [1.54, 1.807) is 31.4 Å². The maximum Gasteiger partial charge on any atom is 0.411 e. The zero-order chi connectivity index (χ0) is 16.5. The molecule has 1 amide bonds. The monoisotopic (exact) mass is 312 g/mol. The Labute approximate surface area is 135 Å². The maximum absolute atomic E-state index is 11.8. The second-order valence-electron chi connectivity index (χ2n) is 4.74. The molecule has 1 radical (unpaired) electrons. The quantitative estimate of drug-likeness (QED) is 0.880. The van der Waals surface area contributed by atoms with Crippen molar-refractivity contribution in [3.63, 3.8) is 0 Å². The van der Waals surface area contributed by atoms with Crippen molar-refractivity contribution in [3.8, 4) is 5.75 Å². The number of nitrogens with one attached hydrogen (secondary N) is 1. The molecule has 23 heavy (non-hydrogen) atoms. The number of carbonyl (C=O) groups excluding carboxylic acids is 1. The van der Waals surface area contributed by atoms with Gasteiger partial charge >= 0.3 is 6.09 Å². The molecule has 0 aliphatic carbocycles. The van der Waals surface area contributed by atoms with Gasteiger partial charge in [0.15, 0.2) is 0 Å². The minimum absolute atomic E-state index is 0.172. The highest BCUT2D eigenvalue weighted by Crippen LogP contribution is 2.14. The number of amides is 1. The summed E-state index contributed by atoms with van der Waals surface area (Å²) in [5.74, 6) is 0.751. The molecule has 5 nitrogen and oxygen atoms in total. The third-order valence-corrected chi connectivity index (χ3v) is 3.07. The molecule has 1 N–H and O–H groups in total. The number of anilines is 1. The van der Waals surface area contributed by atoms with Crippen LogP contribution in [-0.4, -0.2) is 19.8 Å². The summed E-state index contributed by atoms with van der Waals surface area (Å²) in [6.45, 7) is -0.104. The van der Waals surface area contributed by atoms with Gasteiger partial charge in [0.25, 0.3) is 0 Å². The number of benzene rings is 2. The summed E-state index contributed by atoms with van der Waals surface area (Å²) < 4.78 is 10.2. The lowest BCUT2D eigenvalue weighted by Gasteiger charge is -2.08. The zero-order valence-corrected chi connectivity index (χ0v) is 12.8. The fourth-order valence-corrected chi connectivity index (χ4v) is 1.93. The lowest BCUT2D eigenvalue weighted by Crippen LogP contribution is -2.13. The summed E-state index contributed by atoms with van der Waals surface area (Å²) in [6, 6.07) is 14.4. The lowest BCUT2D eigenvalue weighted by molar-refractivity contribution is 0.155. The molecule has 2 rings (SSSR count). The highest BCUT2D eigenvalue weighted by atomic mass is 16.5. The molecule has 2 aromatic carbocycles. The van der Waals surface area contributed by atoms with E-state index >= 15 is 0 Å². The molecule has 0 aromatic heterocycles. The highest BCUT2D eigenvalue weighted by Gasteiger charge is 2.04. The van der Waals surface area contributed by atoms with Crippen LogP contribution < -0.4 is 10.1 Å². The molecule has 0 spiro atoms. The first-order chi connectivity index (χ1) is 11.2. The van der Waals surface area contributed by atoms with Gasteiger partial charge in [0, 0.05) is 5.69 Å². The topological polar surface area (TPSA) is 67.5 Å². The second kappa shape index (κ2) is 8.60. The van der Waals surface area contributed by atoms with Crippen LogP contribution in [0.2, 0.25) is 0 Å². The van der Waals surface area contributed by atoms with Gasteiger partial charge in [-0.25, -0.2) is 9.90 Å². The summed E-state index contributed by atoms with van der Waals surface area (Å²) in [6.07, 6.45) is 2.69. The lowest BCUT2D eigenvalue weighted by atomic mass is 10.2. The Kier molecular flexibility index (Phi) is 6.20. The van der Waals surface area contributed by atoms with Crippen LogP contribution in [0.25, 0.3) is 6.08 Å². The summed E-state index contributed by atoms with van der Waals surface area (Å²) in [5.41, 5.74) is 2.32. The van der Waals surface area contributed by atoms with Crippen molar-refractivity contribution in [2.45, 2.75) is 6.61 Å². The molecule has 0 unspecified atom stereocenters. The van der Waals surface area contributed by atoms with Gasteiger partial charge in [-0.1, -0.05) is 36.4 Å². The molecule has 5 heteroatoms. The molecular formula is C18H18NO4. The van der Waals surface area contributed by atoms with Crippen LogP contribution in [0.1, 0.15) is 11.1 Å². The smallest absolute Gasteiger partial charge is 0.411 e. The number of ether oxygens (including phenoxy) is 2. The van der Waals surface area contributed by atoms with E-state index in [9.17, 15) is 9.90 Å².